The van der Waals surface area contributed by atoms with Crippen LogP contribution in [0, 0.1) is 0 Å². The quantitative estimate of drug-likeness (QED) is 0.213. The minimum atomic E-state index is 0.655. The Labute approximate surface area is 212 Å². The third-order valence-electron chi connectivity index (χ3n) is 5.35. The van der Waals surface area contributed by atoms with Crippen molar-refractivity contribution in [2.24, 2.45) is 0 Å². The molecule has 0 aromatic heterocycles. The summed E-state index contributed by atoms with van der Waals surface area (Å²) in [6.45, 7) is 3.07. The summed E-state index contributed by atoms with van der Waals surface area (Å²) in [5, 5.41) is 0.841. The molecule has 0 atom stereocenters. The van der Waals surface area contributed by atoms with Crippen molar-refractivity contribution in [1.29, 1.82) is 0 Å². The fourth-order valence-electron chi connectivity index (χ4n) is 3.41. The van der Waals surface area contributed by atoms with Crippen LogP contribution in [-0.4, -0.2) is 64.3 Å². The van der Waals surface area contributed by atoms with Gasteiger partial charge in [-0.2, -0.15) is 0 Å². The second kappa shape index (κ2) is 13.3. The van der Waals surface area contributed by atoms with Gasteiger partial charge in [-0.1, -0.05) is 64.5 Å². The van der Waals surface area contributed by atoms with Gasteiger partial charge in [0, 0.05) is 18.4 Å². The Balaban J connectivity index is 1.93. The first-order valence-corrected chi connectivity index (χ1v) is 12.7. The first-order chi connectivity index (χ1) is 16.4. The second-order valence-electron chi connectivity index (χ2n) is 8.79. The Hall–Kier alpha value is -2.60. The predicted octanol–water partition coefficient (Wildman–Crippen LogP) is 6.05. The van der Waals surface area contributed by atoms with Crippen LogP contribution in [0.4, 0.5) is 0 Å². The molecule has 0 unspecified atom stereocenters. The van der Waals surface area contributed by atoms with E-state index in [1.165, 1.54) is 5.56 Å². The molecule has 3 rings (SSSR count). The maximum Gasteiger partial charge on any atom is 0.119 e. The number of ether oxygens (including phenoxy) is 2. The van der Waals surface area contributed by atoms with E-state index in [-0.39, 0.29) is 0 Å². The van der Waals surface area contributed by atoms with E-state index in [1.807, 2.05) is 32.3 Å². The van der Waals surface area contributed by atoms with Gasteiger partial charge in [-0.25, -0.2) is 0 Å². The lowest BCUT2D eigenvalue weighted by Crippen LogP contribution is -2.19. The molecule has 0 fully saturated rings. The van der Waals surface area contributed by atoms with Gasteiger partial charge in [0.1, 0.15) is 24.7 Å². The maximum atomic E-state index is 6.01. The van der Waals surface area contributed by atoms with Crippen LogP contribution in [0.3, 0.4) is 0 Å². The van der Waals surface area contributed by atoms with E-state index in [0.29, 0.717) is 13.2 Å². The molecule has 0 aliphatic rings. The topological polar surface area (TPSA) is 24.9 Å². The molecule has 0 amide bonds. The Morgan fingerprint density at radius 1 is 0.735 bits per heavy atom. The van der Waals surface area contributed by atoms with E-state index in [2.05, 4.69) is 100 Å². The average Bonchev–Trinajstić information content (AvgIpc) is 2.83. The van der Waals surface area contributed by atoms with Gasteiger partial charge < -0.3 is 19.3 Å². The fourth-order valence-corrected chi connectivity index (χ4v) is 3.79. The summed E-state index contributed by atoms with van der Waals surface area (Å²) in [7, 11) is 8.20. The Morgan fingerprint density at radius 2 is 1.32 bits per heavy atom. The van der Waals surface area contributed by atoms with Crippen molar-refractivity contribution < 1.29 is 9.47 Å². The van der Waals surface area contributed by atoms with E-state index in [9.17, 15) is 0 Å². The van der Waals surface area contributed by atoms with Crippen LogP contribution < -0.4 is 9.47 Å². The molecule has 0 spiro atoms. The number of hydrogen-bond acceptors (Lipinski definition) is 4. The molecule has 0 radical (unpaired) electrons. The van der Waals surface area contributed by atoms with Crippen molar-refractivity contribution in [3.63, 3.8) is 0 Å². The number of alkyl halides is 1. The van der Waals surface area contributed by atoms with Crippen LogP contribution in [-0.2, 0) is 5.33 Å². The lowest BCUT2D eigenvalue weighted by atomic mass is 9.95. The number of likely N-dealkylation sites (N-methyl/N-ethyl adjacent to an activating group) is 2. The zero-order chi connectivity index (χ0) is 24.3. The monoisotopic (exact) mass is 522 g/mol. The molecule has 5 heteroatoms. The molecule has 34 heavy (non-hydrogen) atoms. The maximum absolute atomic E-state index is 6.01. The van der Waals surface area contributed by atoms with Crippen LogP contribution in [0.1, 0.15) is 22.3 Å². The zero-order valence-electron chi connectivity index (χ0n) is 20.6. The summed E-state index contributed by atoms with van der Waals surface area (Å²) >= 11 is 3.55. The second-order valence-corrected chi connectivity index (χ2v) is 9.35. The normalized spacial score (nSPS) is 11.8. The van der Waals surface area contributed by atoms with E-state index in [0.717, 1.165) is 52.2 Å². The van der Waals surface area contributed by atoms with Crippen molar-refractivity contribution in [3.8, 4) is 11.5 Å². The number of nitrogens with zero attached hydrogens (tertiary/aromatic N) is 2. The van der Waals surface area contributed by atoms with Gasteiger partial charge in [0.05, 0.1) is 0 Å². The summed E-state index contributed by atoms with van der Waals surface area (Å²) < 4.78 is 12.0. The molecular formula is C29H35BrN2O2. The minimum absolute atomic E-state index is 0.655. The van der Waals surface area contributed by atoms with Gasteiger partial charge in [-0.15, -0.1) is 0 Å². The zero-order valence-corrected chi connectivity index (χ0v) is 22.2. The number of hydrogen-bond donors (Lipinski definition) is 0. The number of rotatable bonds is 12. The van der Waals surface area contributed by atoms with Gasteiger partial charge in [0.2, 0.25) is 0 Å². The standard InChI is InChI=1S/C29H35BrN2O2/c1-31(2)15-17-33-27-9-5-7-24(19-27)20-29(25-13-11-23(22-30)12-14-25)26-8-6-10-28(21-26)34-18-16-32(3)4/h5-14,19-21H,15-18,22H2,1-4H3/b29-20-. The van der Waals surface area contributed by atoms with Crippen molar-refractivity contribution in [2.45, 2.75) is 5.33 Å². The highest BCUT2D eigenvalue weighted by Crippen LogP contribution is 2.30. The molecule has 0 bridgehead atoms. The molecule has 0 saturated carbocycles. The van der Waals surface area contributed by atoms with Gasteiger partial charge in [0.25, 0.3) is 0 Å². The molecule has 0 aliphatic carbocycles. The number of halogens is 1. The third-order valence-corrected chi connectivity index (χ3v) is 6.00. The average molecular weight is 524 g/mol. The molecule has 0 N–H and O–H groups in total. The smallest absolute Gasteiger partial charge is 0.119 e. The minimum Gasteiger partial charge on any atom is -0.492 e. The predicted molar refractivity (Wildman–Crippen MR) is 147 cm³/mol. The van der Waals surface area contributed by atoms with E-state index < -0.39 is 0 Å². The van der Waals surface area contributed by atoms with Crippen molar-refractivity contribution in [2.75, 3.05) is 54.5 Å². The summed E-state index contributed by atoms with van der Waals surface area (Å²) in [6, 6.07) is 25.3. The lowest BCUT2D eigenvalue weighted by molar-refractivity contribution is 0.261. The van der Waals surface area contributed by atoms with Gasteiger partial charge in [0.15, 0.2) is 0 Å². The van der Waals surface area contributed by atoms with E-state index >= 15 is 0 Å². The van der Waals surface area contributed by atoms with Crippen LogP contribution in [0.2, 0.25) is 0 Å². The van der Waals surface area contributed by atoms with Crippen molar-refractivity contribution in [1.82, 2.24) is 9.80 Å². The molecule has 3 aromatic rings. The molecule has 0 aliphatic heterocycles. The van der Waals surface area contributed by atoms with Gasteiger partial charge in [-0.05, 0) is 86.4 Å². The summed E-state index contributed by atoms with van der Waals surface area (Å²) in [4.78, 5) is 4.24. The molecular weight excluding hydrogens is 488 g/mol. The Morgan fingerprint density at radius 3 is 1.91 bits per heavy atom. The summed E-state index contributed by atoms with van der Waals surface area (Å²) in [6.07, 6.45) is 2.22. The Bertz CT molecular complexity index is 1060. The first kappa shape index (κ1) is 26.0. The van der Waals surface area contributed by atoms with E-state index in [1.54, 1.807) is 0 Å². The summed E-state index contributed by atoms with van der Waals surface area (Å²) in [5.74, 6) is 1.76. The highest BCUT2D eigenvalue weighted by atomic mass is 79.9. The molecule has 0 saturated heterocycles. The molecule has 4 nitrogen and oxygen atoms in total. The van der Waals surface area contributed by atoms with Crippen LogP contribution in [0.15, 0.2) is 72.8 Å². The molecule has 0 heterocycles. The van der Waals surface area contributed by atoms with Crippen LogP contribution in [0.5, 0.6) is 11.5 Å². The van der Waals surface area contributed by atoms with Crippen LogP contribution >= 0.6 is 15.9 Å². The number of benzene rings is 3. The summed E-state index contributed by atoms with van der Waals surface area (Å²) in [5.41, 5.74) is 5.77. The van der Waals surface area contributed by atoms with Gasteiger partial charge in [-0.3, -0.25) is 0 Å². The Kier molecular flexibility index (Phi) is 10.2. The fraction of sp³-hybridized carbons (Fsp3) is 0.310. The third kappa shape index (κ3) is 8.32. The van der Waals surface area contributed by atoms with Crippen molar-refractivity contribution in [3.05, 3.63) is 95.1 Å². The van der Waals surface area contributed by atoms with Crippen molar-refractivity contribution >= 4 is 27.6 Å². The van der Waals surface area contributed by atoms with E-state index in [4.69, 9.17) is 9.47 Å². The molecule has 180 valence electrons. The largest absolute Gasteiger partial charge is 0.492 e. The lowest BCUT2D eigenvalue weighted by Gasteiger charge is -2.14. The highest BCUT2D eigenvalue weighted by molar-refractivity contribution is 9.08. The first-order valence-electron chi connectivity index (χ1n) is 11.6. The highest BCUT2D eigenvalue weighted by Gasteiger charge is 2.09. The SMILES string of the molecule is CN(C)CCOc1cccc(/C=C(/c2ccc(CBr)cc2)c2cccc(OCCN(C)C)c2)c1. The van der Waals surface area contributed by atoms with Crippen LogP contribution in [0.25, 0.3) is 11.6 Å². The van der Waals surface area contributed by atoms with Gasteiger partial charge >= 0.3 is 0 Å². The molecule has 3 aromatic carbocycles.